The second kappa shape index (κ2) is 12.1. The summed E-state index contributed by atoms with van der Waals surface area (Å²) in [6.07, 6.45) is 4.86. The van der Waals surface area contributed by atoms with Crippen molar-refractivity contribution in [3.8, 4) is 5.88 Å². The maximum Gasteiger partial charge on any atom is 0.290 e. The van der Waals surface area contributed by atoms with Gasteiger partial charge in [-0.05, 0) is 49.6 Å². The molecule has 3 aliphatic heterocycles. The molecular weight excluding hydrogens is 540 g/mol. The molecule has 3 fully saturated rings. The zero-order valence-electron chi connectivity index (χ0n) is 23.0. The quantitative estimate of drug-likeness (QED) is 0.417. The first-order valence-corrected chi connectivity index (χ1v) is 14.7. The van der Waals surface area contributed by atoms with E-state index in [2.05, 4.69) is 26.1 Å². The second-order valence-corrected chi connectivity index (χ2v) is 11.3. The number of aromatic nitrogens is 4. The fourth-order valence-electron chi connectivity index (χ4n) is 5.11. The van der Waals surface area contributed by atoms with E-state index < -0.39 is 11.1 Å². The van der Waals surface area contributed by atoms with Crippen LogP contribution in [-0.4, -0.2) is 70.4 Å². The average Bonchev–Trinajstić information content (AvgIpc) is 3.54. The molecular formula is C29H32N8O3S. The monoisotopic (exact) mass is 572 g/mol. The highest BCUT2D eigenvalue weighted by molar-refractivity contribution is 8.18. The lowest BCUT2D eigenvalue weighted by Gasteiger charge is -2.25. The first-order valence-electron chi connectivity index (χ1n) is 13.9. The summed E-state index contributed by atoms with van der Waals surface area (Å²) in [5.41, 5.74) is 2.49. The number of rotatable bonds is 7. The van der Waals surface area contributed by atoms with Gasteiger partial charge in [0.1, 0.15) is 12.4 Å². The number of aryl methyl sites for hydroxylation is 1. The van der Waals surface area contributed by atoms with Crippen molar-refractivity contribution >= 4 is 46.7 Å². The Bertz CT molecular complexity index is 1460. The van der Waals surface area contributed by atoms with Crippen LogP contribution < -0.4 is 24.8 Å². The van der Waals surface area contributed by atoms with Crippen LogP contribution in [0.5, 0.6) is 5.88 Å². The molecule has 0 atom stereocenters. The normalized spacial score (nSPS) is 18.7. The van der Waals surface area contributed by atoms with Gasteiger partial charge in [-0.25, -0.2) is 9.97 Å². The molecule has 3 aromatic rings. The van der Waals surface area contributed by atoms with Crippen LogP contribution in [0.25, 0.3) is 6.08 Å². The van der Waals surface area contributed by atoms with Crippen molar-refractivity contribution in [2.45, 2.75) is 32.8 Å². The number of thioether (sulfide) groups is 1. The van der Waals surface area contributed by atoms with Crippen molar-refractivity contribution in [2.75, 3.05) is 54.0 Å². The van der Waals surface area contributed by atoms with E-state index in [-0.39, 0.29) is 0 Å². The summed E-state index contributed by atoms with van der Waals surface area (Å²) in [6, 6.07) is 13.6. The minimum Gasteiger partial charge on any atom is -0.473 e. The average molecular weight is 573 g/mol. The summed E-state index contributed by atoms with van der Waals surface area (Å²) in [7, 11) is 0. The highest BCUT2D eigenvalue weighted by Gasteiger charge is 2.26. The number of ether oxygens (including phenoxy) is 1. The summed E-state index contributed by atoms with van der Waals surface area (Å²) < 4.78 is 6.06. The first kappa shape index (κ1) is 27.0. The Kier molecular flexibility index (Phi) is 7.99. The minimum atomic E-state index is -0.425. The van der Waals surface area contributed by atoms with Crippen molar-refractivity contribution in [1.29, 1.82) is 0 Å². The first-order chi connectivity index (χ1) is 20.0. The summed E-state index contributed by atoms with van der Waals surface area (Å²) in [5.74, 6) is 2.27. The number of nitrogens with one attached hydrogen (secondary N) is 1. The van der Waals surface area contributed by atoms with E-state index in [0.717, 1.165) is 73.9 Å². The third-order valence-corrected chi connectivity index (χ3v) is 7.99. The zero-order chi connectivity index (χ0) is 28.2. The van der Waals surface area contributed by atoms with E-state index in [9.17, 15) is 9.59 Å². The number of hydrogen-bond acceptors (Lipinski definition) is 11. The Hall–Kier alpha value is -4.19. The van der Waals surface area contributed by atoms with Crippen LogP contribution in [0.15, 0.2) is 47.4 Å². The Morgan fingerprint density at radius 2 is 1.56 bits per heavy atom. The lowest BCUT2D eigenvalue weighted by atomic mass is 10.2. The van der Waals surface area contributed by atoms with Crippen LogP contribution >= 0.6 is 11.8 Å². The number of anilines is 3. The third-order valence-electron chi connectivity index (χ3n) is 7.18. The van der Waals surface area contributed by atoms with Gasteiger partial charge < -0.3 is 19.4 Å². The molecule has 0 saturated carbocycles. The van der Waals surface area contributed by atoms with E-state index in [4.69, 9.17) is 24.7 Å². The van der Waals surface area contributed by atoms with Gasteiger partial charge in [0, 0.05) is 57.1 Å². The van der Waals surface area contributed by atoms with E-state index in [1.807, 2.05) is 37.3 Å². The van der Waals surface area contributed by atoms with Gasteiger partial charge in [0.15, 0.2) is 0 Å². The Morgan fingerprint density at radius 1 is 0.854 bits per heavy atom. The summed E-state index contributed by atoms with van der Waals surface area (Å²) in [5, 5.41) is 1.90. The number of hydrogen-bond donors (Lipinski definition) is 1. The van der Waals surface area contributed by atoms with E-state index in [0.29, 0.717) is 35.6 Å². The minimum absolute atomic E-state index is 0.295. The van der Waals surface area contributed by atoms with E-state index in [1.165, 1.54) is 12.8 Å². The summed E-state index contributed by atoms with van der Waals surface area (Å²) >= 11 is 0.863. The molecule has 6 rings (SSSR count). The molecule has 12 heteroatoms. The van der Waals surface area contributed by atoms with Gasteiger partial charge in [0.05, 0.1) is 10.6 Å². The standard InChI is InChI=1S/C29H32N8O3S/c1-20-16-24(32-27(30-20)36-10-5-6-11-36)35-12-7-13-37(15-14-35)28-31-22(17-23-26(38)34-29(39)41-23)18-25(33-28)40-19-21-8-3-2-4-9-21/h2-4,8-9,16-18H,5-7,10-15,19H2,1H3,(H,34,38,39). The van der Waals surface area contributed by atoms with Gasteiger partial charge in [-0.3, -0.25) is 14.9 Å². The van der Waals surface area contributed by atoms with Crippen LogP contribution in [0, 0.1) is 6.92 Å². The molecule has 5 heterocycles. The molecule has 0 bridgehead atoms. The Morgan fingerprint density at radius 3 is 2.34 bits per heavy atom. The summed E-state index contributed by atoms with van der Waals surface area (Å²) in [6.45, 7) is 7.42. The van der Waals surface area contributed by atoms with Crippen molar-refractivity contribution in [1.82, 2.24) is 25.3 Å². The van der Waals surface area contributed by atoms with E-state index in [1.54, 1.807) is 12.1 Å². The van der Waals surface area contributed by atoms with Crippen molar-refractivity contribution in [3.63, 3.8) is 0 Å². The predicted octanol–water partition coefficient (Wildman–Crippen LogP) is 3.79. The lowest BCUT2D eigenvalue weighted by Crippen LogP contribution is -2.32. The molecule has 2 aromatic heterocycles. The van der Waals surface area contributed by atoms with Crippen molar-refractivity contribution in [3.05, 3.63) is 64.3 Å². The van der Waals surface area contributed by atoms with Crippen LogP contribution in [0.1, 0.15) is 36.2 Å². The number of nitrogens with zero attached hydrogens (tertiary/aromatic N) is 7. The number of imide groups is 1. The predicted molar refractivity (Wildman–Crippen MR) is 159 cm³/mol. The Labute approximate surface area is 243 Å². The molecule has 0 spiro atoms. The third kappa shape index (κ3) is 6.59. The van der Waals surface area contributed by atoms with Gasteiger partial charge in [0.25, 0.3) is 11.1 Å². The Balaban J connectivity index is 1.23. The van der Waals surface area contributed by atoms with Gasteiger partial charge in [-0.15, -0.1) is 0 Å². The molecule has 1 aromatic carbocycles. The molecule has 41 heavy (non-hydrogen) atoms. The zero-order valence-corrected chi connectivity index (χ0v) is 23.8. The summed E-state index contributed by atoms with van der Waals surface area (Å²) in [4.78, 5) is 50.0. The number of carbonyl (C=O) groups excluding carboxylic acids is 2. The largest absolute Gasteiger partial charge is 0.473 e. The lowest BCUT2D eigenvalue weighted by molar-refractivity contribution is -0.115. The van der Waals surface area contributed by atoms with Crippen LogP contribution in [0.4, 0.5) is 22.5 Å². The number of benzene rings is 1. The highest BCUT2D eigenvalue weighted by Crippen LogP contribution is 2.28. The van der Waals surface area contributed by atoms with Gasteiger partial charge in [-0.2, -0.15) is 9.97 Å². The molecule has 11 nitrogen and oxygen atoms in total. The molecule has 0 unspecified atom stereocenters. The molecule has 212 valence electrons. The number of amides is 2. The maximum absolute atomic E-state index is 12.2. The molecule has 3 saturated heterocycles. The van der Waals surface area contributed by atoms with Gasteiger partial charge in [-0.1, -0.05) is 30.3 Å². The van der Waals surface area contributed by atoms with Crippen molar-refractivity contribution in [2.24, 2.45) is 0 Å². The maximum atomic E-state index is 12.2. The van der Waals surface area contributed by atoms with Crippen LogP contribution in [-0.2, 0) is 11.4 Å². The molecule has 2 amide bonds. The molecule has 3 aliphatic rings. The van der Waals surface area contributed by atoms with Crippen LogP contribution in [0.3, 0.4) is 0 Å². The number of carbonyl (C=O) groups is 2. The fraction of sp³-hybridized carbons (Fsp3) is 0.379. The SMILES string of the molecule is Cc1cc(N2CCCN(c3nc(C=C4SC(=O)NC4=O)cc(OCc4ccccc4)n3)CC2)nc(N2CCCC2)n1. The molecule has 0 aliphatic carbocycles. The molecule has 1 N–H and O–H groups in total. The van der Waals surface area contributed by atoms with Crippen LogP contribution in [0.2, 0.25) is 0 Å². The fourth-order valence-corrected chi connectivity index (χ4v) is 5.78. The van der Waals surface area contributed by atoms with Gasteiger partial charge in [0.2, 0.25) is 17.8 Å². The smallest absolute Gasteiger partial charge is 0.290 e. The highest BCUT2D eigenvalue weighted by atomic mass is 32.2. The molecule has 0 radical (unpaired) electrons. The topological polar surface area (TPSA) is 117 Å². The van der Waals surface area contributed by atoms with Gasteiger partial charge >= 0.3 is 0 Å². The van der Waals surface area contributed by atoms with Crippen molar-refractivity contribution < 1.29 is 14.3 Å². The second-order valence-electron chi connectivity index (χ2n) is 10.2. The van der Waals surface area contributed by atoms with E-state index >= 15 is 0 Å².